The van der Waals surface area contributed by atoms with Crippen LogP contribution in [-0.2, 0) is 4.74 Å². The smallest absolute Gasteiger partial charge is 0.0573 e. The summed E-state index contributed by atoms with van der Waals surface area (Å²) in [6.45, 7) is 0. The van der Waals surface area contributed by atoms with Crippen LogP contribution in [0.4, 0.5) is 0 Å². The van der Waals surface area contributed by atoms with E-state index in [1.807, 2.05) is 0 Å². The molecule has 2 nitrogen and oxygen atoms in total. The van der Waals surface area contributed by atoms with Gasteiger partial charge in [-0.3, -0.25) is 0 Å². The van der Waals surface area contributed by atoms with Gasteiger partial charge >= 0.3 is 0 Å². The summed E-state index contributed by atoms with van der Waals surface area (Å²) < 4.78 is 5.13. The van der Waals surface area contributed by atoms with Crippen molar-refractivity contribution in [1.29, 1.82) is 0 Å². The summed E-state index contributed by atoms with van der Waals surface area (Å²) in [6.07, 6.45) is 4.23. The lowest BCUT2D eigenvalue weighted by atomic mass is 9.95. The zero-order chi connectivity index (χ0) is 6.69. The normalized spacial score (nSPS) is 36.7. The van der Waals surface area contributed by atoms with Gasteiger partial charge in [0.05, 0.1) is 12.2 Å². The molecule has 0 radical (unpaired) electrons. The molecule has 0 amide bonds. The topological polar surface area (TPSA) is 29.5 Å². The molecule has 0 atom stereocenters. The van der Waals surface area contributed by atoms with Crippen molar-refractivity contribution in [1.82, 2.24) is 0 Å². The molecule has 0 bridgehead atoms. The molecule has 1 N–H and O–H groups in total. The summed E-state index contributed by atoms with van der Waals surface area (Å²) in [6, 6.07) is 0. The maximum atomic E-state index is 9.07. The molecule has 0 unspecified atom stereocenters. The summed E-state index contributed by atoms with van der Waals surface area (Å²) in [5.74, 6) is 0. The van der Waals surface area contributed by atoms with E-state index in [1.165, 1.54) is 0 Å². The maximum Gasteiger partial charge on any atom is 0.0573 e. The summed E-state index contributed by atoms with van der Waals surface area (Å²) >= 11 is 0. The number of rotatable bonds is 1. The van der Waals surface area contributed by atoms with Crippen molar-refractivity contribution in [3.63, 3.8) is 0 Å². The molecule has 1 aliphatic rings. The average Bonchev–Trinajstić information content (AvgIpc) is 1.90. The second-order valence-electron chi connectivity index (χ2n) is 2.67. The molecular weight excluding hydrogens is 116 g/mol. The van der Waals surface area contributed by atoms with Gasteiger partial charge in [0.15, 0.2) is 0 Å². The van der Waals surface area contributed by atoms with Crippen LogP contribution in [0, 0.1) is 0 Å². The molecule has 54 valence electrons. The van der Waals surface area contributed by atoms with E-state index in [1.54, 1.807) is 7.11 Å². The van der Waals surface area contributed by atoms with E-state index >= 15 is 0 Å². The zero-order valence-electron chi connectivity index (χ0n) is 5.84. The maximum absolute atomic E-state index is 9.07. The Balaban J connectivity index is 2.18. The predicted octanol–water partition coefficient (Wildman–Crippen LogP) is 0.936. The minimum Gasteiger partial charge on any atom is -0.393 e. The van der Waals surface area contributed by atoms with E-state index in [0.29, 0.717) is 6.10 Å². The Morgan fingerprint density at radius 1 is 1.22 bits per heavy atom. The van der Waals surface area contributed by atoms with Crippen molar-refractivity contribution < 1.29 is 9.84 Å². The number of aliphatic hydroxyl groups is 1. The van der Waals surface area contributed by atoms with Crippen LogP contribution in [0.15, 0.2) is 0 Å². The lowest BCUT2D eigenvalue weighted by molar-refractivity contribution is 0.0244. The van der Waals surface area contributed by atoms with E-state index in [2.05, 4.69) is 0 Å². The first-order valence-electron chi connectivity index (χ1n) is 3.54. The third-order valence-electron chi connectivity index (χ3n) is 1.98. The molecule has 0 aromatic rings. The first-order valence-corrected chi connectivity index (χ1v) is 3.54. The number of ether oxygens (including phenoxy) is 1. The Labute approximate surface area is 55.8 Å². The van der Waals surface area contributed by atoms with Crippen LogP contribution in [0.1, 0.15) is 25.7 Å². The second-order valence-corrected chi connectivity index (χ2v) is 2.67. The summed E-state index contributed by atoms with van der Waals surface area (Å²) in [5.41, 5.74) is 0. The first-order chi connectivity index (χ1) is 4.33. The molecule has 0 spiro atoms. The molecular formula is C7H14O2. The van der Waals surface area contributed by atoms with Gasteiger partial charge < -0.3 is 9.84 Å². The van der Waals surface area contributed by atoms with Gasteiger partial charge in [0.25, 0.3) is 0 Å². The molecule has 0 saturated heterocycles. The van der Waals surface area contributed by atoms with E-state index in [0.717, 1.165) is 25.7 Å². The zero-order valence-corrected chi connectivity index (χ0v) is 5.84. The quantitative estimate of drug-likeness (QED) is 0.572. The van der Waals surface area contributed by atoms with Gasteiger partial charge in [-0.25, -0.2) is 0 Å². The minimum atomic E-state index is -0.0589. The fraction of sp³-hybridized carbons (Fsp3) is 1.00. The Hall–Kier alpha value is -0.0800. The summed E-state index contributed by atoms with van der Waals surface area (Å²) in [5, 5.41) is 9.07. The summed E-state index contributed by atoms with van der Waals surface area (Å²) in [4.78, 5) is 0. The Morgan fingerprint density at radius 3 is 2.22 bits per heavy atom. The van der Waals surface area contributed by atoms with Crippen LogP contribution in [0.5, 0.6) is 0 Å². The Kier molecular flexibility index (Phi) is 2.49. The molecule has 9 heavy (non-hydrogen) atoms. The Morgan fingerprint density at radius 2 is 1.78 bits per heavy atom. The fourth-order valence-electron chi connectivity index (χ4n) is 1.28. The highest BCUT2D eigenvalue weighted by Crippen LogP contribution is 2.19. The van der Waals surface area contributed by atoms with E-state index in [-0.39, 0.29) is 6.10 Å². The van der Waals surface area contributed by atoms with Crippen LogP contribution in [0.2, 0.25) is 0 Å². The molecule has 1 fully saturated rings. The molecule has 0 heterocycles. The molecule has 2 heteroatoms. The van der Waals surface area contributed by atoms with Crippen molar-refractivity contribution in [2.24, 2.45) is 0 Å². The monoisotopic (exact) mass is 130 g/mol. The van der Waals surface area contributed by atoms with Crippen molar-refractivity contribution >= 4 is 0 Å². The highest BCUT2D eigenvalue weighted by molar-refractivity contribution is 4.70. The standard InChI is InChI=1S/C7H14O2/c1-9-7-4-2-6(8)3-5-7/h6-8H,2-5H2,1H3/t6-,7-. The van der Waals surface area contributed by atoms with Crippen molar-refractivity contribution in [3.05, 3.63) is 0 Å². The molecule has 0 aromatic carbocycles. The Bertz CT molecular complexity index is 75.0. The average molecular weight is 130 g/mol. The number of hydrogen-bond donors (Lipinski definition) is 1. The van der Waals surface area contributed by atoms with Gasteiger partial charge in [-0.1, -0.05) is 0 Å². The minimum absolute atomic E-state index is 0.0589. The lowest BCUT2D eigenvalue weighted by Gasteiger charge is -2.23. The van der Waals surface area contributed by atoms with Gasteiger partial charge in [-0.05, 0) is 25.7 Å². The van der Waals surface area contributed by atoms with Crippen molar-refractivity contribution in [2.75, 3.05) is 7.11 Å². The molecule has 1 aliphatic carbocycles. The number of methoxy groups -OCH3 is 1. The van der Waals surface area contributed by atoms with Crippen LogP contribution in [-0.4, -0.2) is 24.4 Å². The SMILES string of the molecule is CO[C@H]1CC[C@H](O)CC1. The first kappa shape index (κ1) is 7.03. The van der Waals surface area contributed by atoms with Crippen molar-refractivity contribution in [3.8, 4) is 0 Å². The second kappa shape index (κ2) is 3.18. The van der Waals surface area contributed by atoms with Gasteiger partial charge in [0, 0.05) is 7.11 Å². The molecule has 1 saturated carbocycles. The van der Waals surface area contributed by atoms with Gasteiger partial charge in [0.2, 0.25) is 0 Å². The van der Waals surface area contributed by atoms with Crippen LogP contribution in [0.25, 0.3) is 0 Å². The van der Waals surface area contributed by atoms with Gasteiger partial charge in [0.1, 0.15) is 0 Å². The third kappa shape index (κ3) is 1.95. The molecule has 0 aliphatic heterocycles. The third-order valence-corrected chi connectivity index (χ3v) is 1.98. The van der Waals surface area contributed by atoms with E-state index in [9.17, 15) is 0 Å². The van der Waals surface area contributed by atoms with Crippen LogP contribution < -0.4 is 0 Å². The lowest BCUT2D eigenvalue weighted by Crippen LogP contribution is -2.22. The number of hydrogen-bond acceptors (Lipinski definition) is 2. The molecule has 0 aromatic heterocycles. The van der Waals surface area contributed by atoms with Crippen LogP contribution >= 0.6 is 0 Å². The van der Waals surface area contributed by atoms with Crippen LogP contribution in [0.3, 0.4) is 0 Å². The van der Waals surface area contributed by atoms with Gasteiger partial charge in [-0.15, -0.1) is 0 Å². The molecule has 1 rings (SSSR count). The summed E-state index contributed by atoms with van der Waals surface area (Å²) in [7, 11) is 1.74. The van der Waals surface area contributed by atoms with E-state index < -0.39 is 0 Å². The number of aliphatic hydroxyl groups excluding tert-OH is 1. The highest BCUT2D eigenvalue weighted by atomic mass is 16.5. The largest absolute Gasteiger partial charge is 0.393 e. The van der Waals surface area contributed by atoms with Crippen molar-refractivity contribution in [2.45, 2.75) is 37.9 Å². The predicted molar refractivity (Wildman–Crippen MR) is 35.3 cm³/mol. The highest BCUT2D eigenvalue weighted by Gasteiger charge is 2.17. The fourth-order valence-corrected chi connectivity index (χ4v) is 1.28. The van der Waals surface area contributed by atoms with E-state index in [4.69, 9.17) is 9.84 Å². The van der Waals surface area contributed by atoms with Gasteiger partial charge in [-0.2, -0.15) is 0 Å².